The largest absolute Gasteiger partial charge is 0.0876 e. The van der Waals surface area contributed by atoms with Crippen LogP contribution >= 0.6 is 63.7 Å². The van der Waals surface area contributed by atoms with Gasteiger partial charge in [-0.25, -0.2) is 0 Å². The van der Waals surface area contributed by atoms with E-state index in [2.05, 4.69) is 88.0 Å². The first-order chi connectivity index (χ1) is 8.73. The molecule has 0 aromatic heterocycles. The Bertz CT molecular complexity index is 512. The van der Waals surface area contributed by atoms with Crippen LogP contribution in [0.5, 0.6) is 0 Å². The molecule has 4 heteroatoms. The molecule has 0 saturated carbocycles. The highest BCUT2D eigenvalue weighted by molar-refractivity contribution is 9.09. The van der Waals surface area contributed by atoms with Gasteiger partial charge in [-0.15, -0.1) is 0 Å². The quantitative estimate of drug-likeness (QED) is 0.426. The Kier molecular flexibility index (Phi) is 5.73. The van der Waals surface area contributed by atoms with Crippen LogP contribution in [0.25, 0.3) is 10.8 Å². The smallest absolute Gasteiger partial charge is 0.0289 e. The number of alkyl halides is 4. The molecular weight excluding hydrogens is 488 g/mol. The van der Waals surface area contributed by atoms with Crippen LogP contribution in [0.15, 0.2) is 24.3 Å². The zero-order valence-electron chi connectivity index (χ0n) is 9.65. The van der Waals surface area contributed by atoms with Crippen molar-refractivity contribution in [3.63, 3.8) is 0 Å². The summed E-state index contributed by atoms with van der Waals surface area (Å²) in [6.45, 7) is 0. The average Bonchev–Trinajstić information content (AvgIpc) is 2.44. The highest BCUT2D eigenvalue weighted by Crippen LogP contribution is 2.30. The van der Waals surface area contributed by atoms with Crippen molar-refractivity contribution in [3.05, 3.63) is 46.5 Å². The highest BCUT2D eigenvalue weighted by atomic mass is 79.9. The van der Waals surface area contributed by atoms with E-state index < -0.39 is 0 Å². The summed E-state index contributed by atoms with van der Waals surface area (Å²) in [7, 11) is 0. The lowest BCUT2D eigenvalue weighted by molar-refractivity contribution is 1.34. The Morgan fingerprint density at radius 2 is 0.944 bits per heavy atom. The minimum atomic E-state index is 0.887. The van der Waals surface area contributed by atoms with Crippen molar-refractivity contribution in [2.75, 3.05) is 0 Å². The molecule has 0 fully saturated rings. The molecule has 0 N–H and O–H groups in total. The molecule has 96 valence electrons. The average molecular weight is 500 g/mol. The van der Waals surface area contributed by atoms with E-state index in [1.165, 1.54) is 33.0 Å². The van der Waals surface area contributed by atoms with E-state index in [1.807, 2.05) is 0 Å². The molecule has 0 spiro atoms. The number of halogens is 4. The molecule has 0 heterocycles. The second kappa shape index (κ2) is 6.87. The first kappa shape index (κ1) is 15.0. The second-order valence-electron chi connectivity index (χ2n) is 4.14. The van der Waals surface area contributed by atoms with E-state index in [4.69, 9.17) is 0 Å². The van der Waals surface area contributed by atoms with Gasteiger partial charge in [0.15, 0.2) is 0 Å². The van der Waals surface area contributed by atoms with Gasteiger partial charge in [-0.2, -0.15) is 0 Å². The summed E-state index contributed by atoms with van der Waals surface area (Å²) in [4.78, 5) is 0. The summed E-state index contributed by atoms with van der Waals surface area (Å²) in [5.74, 6) is 0. The molecule has 2 aromatic rings. The predicted molar refractivity (Wildman–Crippen MR) is 94.5 cm³/mol. The van der Waals surface area contributed by atoms with Gasteiger partial charge in [0.25, 0.3) is 0 Å². The molecule has 0 radical (unpaired) electrons. The van der Waals surface area contributed by atoms with Gasteiger partial charge in [-0.3, -0.25) is 0 Å². The Hall–Kier alpha value is 0.620. The van der Waals surface area contributed by atoms with Crippen LogP contribution in [0.3, 0.4) is 0 Å². The summed E-state index contributed by atoms with van der Waals surface area (Å²) >= 11 is 14.3. The molecule has 0 aliphatic carbocycles. The van der Waals surface area contributed by atoms with Gasteiger partial charge >= 0.3 is 0 Å². The fourth-order valence-electron chi connectivity index (χ4n) is 2.12. The number of benzene rings is 2. The minimum absolute atomic E-state index is 0.887. The molecule has 0 saturated heterocycles. The SMILES string of the molecule is BrCc1cc(CBr)c2cc(CBr)cc(CBr)c2c1. The Morgan fingerprint density at radius 3 is 1.22 bits per heavy atom. The zero-order valence-corrected chi connectivity index (χ0v) is 16.0. The summed E-state index contributed by atoms with van der Waals surface area (Å²) in [6.07, 6.45) is 0. The summed E-state index contributed by atoms with van der Waals surface area (Å²) in [5, 5.41) is 6.26. The van der Waals surface area contributed by atoms with Crippen LogP contribution in [0, 0.1) is 0 Å². The van der Waals surface area contributed by atoms with Crippen molar-refractivity contribution < 1.29 is 0 Å². The molecule has 0 amide bonds. The summed E-state index contributed by atoms with van der Waals surface area (Å²) in [6, 6.07) is 9.10. The van der Waals surface area contributed by atoms with Gasteiger partial charge in [0, 0.05) is 21.3 Å². The third-order valence-corrected chi connectivity index (χ3v) is 5.46. The van der Waals surface area contributed by atoms with Crippen molar-refractivity contribution in [1.82, 2.24) is 0 Å². The maximum absolute atomic E-state index is 3.60. The van der Waals surface area contributed by atoms with Crippen molar-refractivity contribution in [3.8, 4) is 0 Å². The number of rotatable bonds is 4. The van der Waals surface area contributed by atoms with E-state index in [0.29, 0.717) is 0 Å². The third kappa shape index (κ3) is 3.02. The molecule has 0 aliphatic rings. The molecular formula is C14H12Br4. The van der Waals surface area contributed by atoms with E-state index in [-0.39, 0.29) is 0 Å². The van der Waals surface area contributed by atoms with Gasteiger partial charge < -0.3 is 0 Å². The van der Waals surface area contributed by atoms with Crippen LogP contribution in [0.2, 0.25) is 0 Å². The van der Waals surface area contributed by atoms with Gasteiger partial charge in [0.05, 0.1) is 0 Å². The molecule has 0 unspecified atom stereocenters. The Morgan fingerprint density at radius 1 is 0.556 bits per heavy atom. The molecule has 2 rings (SSSR count). The van der Waals surface area contributed by atoms with E-state index >= 15 is 0 Å². The molecule has 2 aromatic carbocycles. The number of fused-ring (bicyclic) bond motifs is 1. The molecule has 18 heavy (non-hydrogen) atoms. The van der Waals surface area contributed by atoms with Crippen LogP contribution < -0.4 is 0 Å². The third-order valence-electron chi connectivity index (χ3n) is 2.96. The molecule has 0 nitrogen and oxygen atoms in total. The van der Waals surface area contributed by atoms with E-state index in [9.17, 15) is 0 Å². The number of hydrogen-bond acceptors (Lipinski definition) is 0. The number of hydrogen-bond donors (Lipinski definition) is 0. The predicted octanol–water partition coefficient (Wildman–Crippen LogP) is 6.42. The van der Waals surface area contributed by atoms with Crippen LogP contribution in [-0.4, -0.2) is 0 Å². The van der Waals surface area contributed by atoms with E-state index in [1.54, 1.807) is 0 Å². The van der Waals surface area contributed by atoms with Gasteiger partial charge in [-0.1, -0.05) is 75.9 Å². The van der Waals surface area contributed by atoms with Gasteiger partial charge in [-0.05, 0) is 45.2 Å². The molecule has 0 aliphatic heterocycles. The lowest BCUT2D eigenvalue weighted by atomic mass is 9.97. The normalized spacial score (nSPS) is 11.1. The summed E-state index contributed by atoms with van der Waals surface area (Å²) < 4.78 is 0. The first-order valence-electron chi connectivity index (χ1n) is 5.54. The van der Waals surface area contributed by atoms with Crippen LogP contribution in [0.4, 0.5) is 0 Å². The molecule has 0 atom stereocenters. The van der Waals surface area contributed by atoms with Crippen LogP contribution in [-0.2, 0) is 21.3 Å². The fourth-order valence-corrected chi connectivity index (χ4v) is 3.69. The maximum atomic E-state index is 3.60. The topological polar surface area (TPSA) is 0 Å². The summed E-state index contributed by atoms with van der Waals surface area (Å²) in [5.41, 5.74) is 5.36. The lowest BCUT2D eigenvalue weighted by Gasteiger charge is -2.12. The van der Waals surface area contributed by atoms with Crippen molar-refractivity contribution in [2.24, 2.45) is 0 Å². The first-order valence-corrected chi connectivity index (χ1v) is 10.0. The van der Waals surface area contributed by atoms with Crippen molar-refractivity contribution in [2.45, 2.75) is 21.3 Å². The monoisotopic (exact) mass is 496 g/mol. The van der Waals surface area contributed by atoms with Crippen molar-refractivity contribution >= 4 is 74.5 Å². The van der Waals surface area contributed by atoms with Gasteiger partial charge in [0.2, 0.25) is 0 Å². The van der Waals surface area contributed by atoms with Crippen LogP contribution in [0.1, 0.15) is 22.3 Å². The zero-order chi connectivity index (χ0) is 13.1. The molecule has 0 bridgehead atoms. The van der Waals surface area contributed by atoms with Gasteiger partial charge in [0.1, 0.15) is 0 Å². The standard InChI is InChI=1S/C14H12Br4/c15-5-9-1-11(7-17)13-4-10(6-16)2-12(8-18)14(13)3-9/h1-4H,5-8H2. The lowest BCUT2D eigenvalue weighted by Crippen LogP contribution is -1.93. The Balaban J connectivity index is 2.80. The fraction of sp³-hybridized carbons (Fsp3) is 0.286. The minimum Gasteiger partial charge on any atom is -0.0876 e. The highest BCUT2D eigenvalue weighted by Gasteiger charge is 2.08. The maximum Gasteiger partial charge on any atom is 0.0289 e. The van der Waals surface area contributed by atoms with E-state index in [0.717, 1.165) is 21.3 Å². The Labute approximate surface area is 141 Å². The van der Waals surface area contributed by atoms with Crippen molar-refractivity contribution in [1.29, 1.82) is 0 Å². The second-order valence-corrected chi connectivity index (χ2v) is 6.38.